The number of fused-ring (bicyclic) bond motifs is 1. The molecular formula is C17H17ClN2. The molecule has 0 aliphatic carbocycles. The molecule has 2 nitrogen and oxygen atoms in total. The summed E-state index contributed by atoms with van der Waals surface area (Å²) in [6.45, 7) is 4.39. The van der Waals surface area contributed by atoms with E-state index in [-0.39, 0.29) is 0 Å². The van der Waals surface area contributed by atoms with Crippen LogP contribution in [0.1, 0.15) is 31.3 Å². The van der Waals surface area contributed by atoms with E-state index in [9.17, 15) is 0 Å². The number of halogens is 1. The number of hydrogen-bond donors (Lipinski definition) is 0. The molecule has 3 aromatic rings. The average molecular weight is 285 g/mol. The van der Waals surface area contributed by atoms with Crippen LogP contribution in [0, 0.1) is 0 Å². The highest BCUT2D eigenvalue weighted by Crippen LogP contribution is 2.23. The van der Waals surface area contributed by atoms with Gasteiger partial charge in [-0.2, -0.15) is 0 Å². The standard InChI is InChI=1S/C17H17ClN2/c1-12(2)20-16-6-4-3-5-15(16)19-17(20)11-13-7-9-14(18)10-8-13/h3-10,12H,11H2,1-2H3. The quantitative estimate of drug-likeness (QED) is 0.671. The van der Waals surface area contributed by atoms with E-state index in [0.717, 1.165) is 22.8 Å². The van der Waals surface area contributed by atoms with E-state index in [0.29, 0.717) is 6.04 Å². The van der Waals surface area contributed by atoms with Gasteiger partial charge in [-0.05, 0) is 43.7 Å². The van der Waals surface area contributed by atoms with Gasteiger partial charge >= 0.3 is 0 Å². The monoisotopic (exact) mass is 284 g/mol. The molecule has 0 bridgehead atoms. The van der Waals surface area contributed by atoms with Gasteiger partial charge in [0.2, 0.25) is 0 Å². The highest BCUT2D eigenvalue weighted by atomic mass is 35.5. The van der Waals surface area contributed by atoms with Gasteiger partial charge in [-0.15, -0.1) is 0 Å². The topological polar surface area (TPSA) is 17.8 Å². The van der Waals surface area contributed by atoms with Gasteiger partial charge in [0.05, 0.1) is 11.0 Å². The summed E-state index contributed by atoms with van der Waals surface area (Å²) in [7, 11) is 0. The summed E-state index contributed by atoms with van der Waals surface area (Å²) in [5.41, 5.74) is 3.49. The zero-order valence-electron chi connectivity index (χ0n) is 11.7. The van der Waals surface area contributed by atoms with Crippen LogP contribution in [0.2, 0.25) is 5.02 Å². The normalized spacial score (nSPS) is 11.4. The number of imidazole rings is 1. The van der Waals surface area contributed by atoms with Crippen molar-refractivity contribution < 1.29 is 0 Å². The van der Waals surface area contributed by atoms with E-state index in [1.807, 2.05) is 18.2 Å². The van der Waals surface area contributed by atoms with Gasteiger partial charge in [0.1, 0.15) is 5.82 Å². The van der Waals surface area contributed by atoms with Crippen molar-refractivity contribution in [1.82, 2.24) is 9.55 Å². The highest BCUT2D eigenvalue weighted by Gasteiger charge is 2.13. The minimum atomic E-state index is 0.393. The van der Waals surface area contributed by atoms with Crippen molar-refractivity contribution in [3.05, 3.63) is 64.9 Å². The Labute approximate surface area is 124 Å². The molecule has 0 aliphatic heterocycles. The summed E-state index contributed by atoms with van der Waals surface area (Å²) in [6.07, 6.45) is 0.823. The Kier molecular flexibility index (Phi) is 3.49. The first-order valence-corrected chi connectivity index (χ1v) is 7.23. The minimum absolute atomic E-state index is 0.393. The van der Waals surface area contributed by atoms with Crippen LogP contribution in [0.5, 0.6) is 0 Å². The average Bonchev–Trinajstić information content (AvgIpc) is 2.79. The Morgan fingerprint density at radius 1 is 1.05 bits per heavy atom. The van der Waals surface area contributed by atoms with Crippen molar-refractivity contribution in [2.75, 3.05) is 0 Å². The van der Waals surface area contributed by atoms with Gasteiger partial charge in [0.15, 0.2) is 0 Å². The predicted molar refractivity (Wildman–Crippen MR) is 84.4 cm³/mol. The third kappa shape index (κ3) is 2.44. The molecule has 3 rings (SSSR count). The van der Waals surface area contributed by atoms with Crippen molar-refractivity contribution in [3.63, 3.8) is 0 Å². The molecule has 0 saturated heterocycles. The zero-order valence-corrected chi connectivity index (χ0v) is 12.4. The van der Waals surface area contributed by atoms with Gasteiger partial charge in [-0.3, -0.25) is 0 Å². The number of benzene rings is 2. The van der Waals surface area contributed by atoms with E-state index in [1.54, 1.807) is 0 Å². The molecule has 0 spiro atoms. The van der Waals surface area contributed by atoms with Crippen molar-refractivity contribution >= 4 is 22.6 Å². The van der Waals surface area contributed by atoms with Crippen molar-refractivity contribution in [3.8, 4) is 0 Å². The second-order valence-corrected chi connectivity index (χ2v) is 5.72. The summed E-state index contributed by atoms with van der Waals surface area (Å²) in [4.78, 5) is 4.78. The molecule has 1 heterocycles. The number of nitrogens with zero attached hydrogens (tertiary/aromatic N) is 2. The summed E-state index contributed by atoms with van der Waals surface area (Å²) >= 11 is 5.94. The third-order valence-electron chi connectivity index (χ3n) is 3.46. The SMILES string of the molecule is CC(C)n1c(Cc2ccc(Cl)cc2)nc2ccccc21. The maximum atomic E-state index is 5.94. The van der Waals surface area contributed by atoms with E-state index in [1.165, 1.54) is 11.1 Å². The molecule has 102 valence electrons. The number of aromatic nitrogens is 2. The van der Waals surface area contributed by atoms with Crippen molar-refractivity contribution in [2.45, 2.75) is 26.3 Å². The molecule has 0 saturated carbocycles. The van der Waals surface area contributed by atoms with Crippen molar-refractivity contribution in [1.29, 1.82) is 0 Å². The Balaban J connectivity index is 2.06. The molecule has 1 aromatic heterocycles. The summed E-state index contributed by atoms with van der Waals surface area (Å²) in [5.74, 6) is 1.10. The van der Waals surface area contributed by atoms with Gasteiger partial charge in [0, 0.05) is 17.5 Å². The first kappa shape index (κ1) is 13.2. The lowest BCUT2D eigenvalue weighted by molar-refractivity contribution is 0.591. The van der Waals surface area contributed by atoms with Crippen LogP contribution in [0.4, 0.5) is 0 Å². The fourth-order valence-electron chi connectivity index (χ4n) is 2.58. The maximum Gasteiger partial charge on any atom is 0.114 e. The van der Waals surface area contributed by atoms with E-state index >= 15 is 0 Å². The summed E-state index contributed by atoms with van der Waals surface area (Å²) in [5, 5.41) is 0.770. The number of para-hydroxylation sites is 2. The van der Waals surface area contributed by atoms with Crippen LogP contribution in [0.3, 0.4) is 0 Å². The number of hydrogen-bond acceptors (Lipinski definition) is 1. The Bertz CT molecular complexity index is 726. The van der Waals surface area contributed by atoms with Crippen molar-refractivity contribution in [2.24, 2.45) is 0 Å². The van der Waals surface area contributed by atoms with Crippen LogP contribution in [0.25, 0.3) is 11.0 Å². The van der Waals surface area contributed by atoms with Crippen LogP contribution in [-0.4, -0.2) is 9.55 Å². The van der Waals surface area contributed by atoms with Crippen LogP contribution >= 0.6 is 11.6 Å². The van der Waals surface area contributed by atoms with Crippen LogP contribution in [0.15, 0.2) is 48.5 Å². The Morgan fingerprint density at radius 2 is 1.75 bits per heavy atom. The largest absolute Gasteiger partial charge is 0.325 e. The third-order valence-corrected chi connectivity index (χ3v) is 3.71. The van der Waals surface area contributed by atoms with Crippen LogP contribution < -0.4 is 0 Å². The first-order chi connectivity index (χ1) is 9.65. The lowest BCUT2D eigenvalue weighted by atomic mass is 10.1. The molecule has 0 amide bonds. The lowest BCUT2D eigenvalue weighted by Gasteiger charge is -2.13. The first-order valence-electron chi connectivity index (χ1n) is 6.85. The van der Waals surface area contributed by atoms with E-state index in [4.69, 9.17) is 16.6 Å². The number of rotatable bonds is 3. The Hall–Kier alpha value is -1.80. The molecule has 0 unspecified atom stereocenters. The Morgan fingerprint density at radius 3 is 2.45 bits per heavy atom. The highest BCUT2D eigenvalue weighted by molar-refractivity contribution is 6.30. The van der Waals surface area contributed by atoms with Gasteiger partial charge in [-0.1, -0.05) is 35.9 Å². The second-order valence-electron chi connectivity index (χ2n) is 5.28. The van der Waals surface area contributed by atoms with Gasteiger partial charge in [0.25, 0.3) is 0 Å². The molecule has 0 N–H and O–H groups in total. The van der Waals surface area contributed by atoms with Crippen LogP contribution in [-0.2, 0) is 6.42 Å². The fourth-order valence-corrected chi connectivity index (χ4v) is 2.71. The molecule has 20 heavy (non-hydrogen) atoms. The molecule has 0 aliphatic rings. The lowest BCUT2D eigenvalue weighted by Crippen LogP contribution is -2.06. The molecule has 3 heteroatoms. The minimum Gasteiger partial charge on any atom is -0.325 e. The smallest absolute Gasteiger partial charge is 0.114 e. The van der Waals surface area contributed by atoms with Gasteiger partial charge in [-0.25, -0.2) is 4.98 Å². The second kappa shape index (κ2) is 5.29. The molecule has 2 aromatic carbocycles. The maximum absolute atomic E-state index is 5.94. The van der Waals surface area contributed by atoms with E-state index < -0.39 is 0 Å². The zero-order chi connectivity index (χ0) is 14.1. The molecule has 0 fully saturated rings. The fraction of sp³-hybridized carbons (Fsp3) is 0.235. The van der Waals surface area contributed by atoms with E-state index in [2.05, 4.69) is 48.7 Å². The summed E-state index contributed by atoms with van der Waals surface area (Å²) < 4.78 is 2.31. The summed E-state index contributed by atoms with van der Waals surface area (Å²) in [6, 6.07) is 16.7. The molecular weight excluding hydrogens is 268 g/mol. The molecule has 0 radical (unpaired) electrons. The predicted octanol–water partition coefficient (Wildman–Crippen LogP) is 4.86. The molecule has 0 atom stereocenters. The van der Waals surface area contributed by atoms with Gasteiger partial charge < -0.3 is 4.57 Å².